The fourth-order valence-corrected chi connectivity index (χ4v) is 2.99. The molecular weight excluding hydrogens is 322 g/mol. The van der Waals surface area contributed by atoms with Crippen molar-refractivity contribution < 1.29 is 18.7 Å². The summed E-state index contributed by atoms with van der Waals surface area (Å²) < 4.78 is 16.8. The van der Waals surface area contributed by atoms with Gasteiger partial charge in [0.2, 0.25) is 5.88 Å². The van der Waals surface area contributed by atoms with Crippen molar-refractivity contribution in [2.45, 2.75) is 12.5 Å². The van der Waals surface area contributed by atoms with Crippen LogP contribution < -0.4 is 9.47 Å². The average Bonchev–Trinajstić information content (AvgIpc) is 3.28. The average molecular weight is 339 g/mol. The van der Waals surface area contributed by atoms with E-state index in [0.717, 1.165) is 11.8 Å². The van der Waals surface area contributed by atoms with Crippen LogP contribution in [0.4, 0.5) is 0 Å². The number of amides is 1. The van der Waals surface area contributed by atoms with Gasteiger partial charge < -0.3 is 18.8 Å². The minimum Gasteiger partial charge on any atom is -0.493 e. The number of hydrogen-bond acceptors (Lipinski definition) is 6. The van der Waals surface area contributed by atoms with E-state index in [1.165, 1.54) is 0 Å². The lowest BCUT2D eigenvalue weighted by Crippen LogP contribution is -2.30. The number of furan rings is 1. The SMILES string of the molecule is COc1cccc2cc(C(=O)N3CCC(Oc4cccnn4)C3)oc12. The molecule has 0 bridgehead atoms. The van der Waals surface area contributed by atoms with Crippen LogP contribution in [-0.4, -0.2) is 47.3 Å². The summed E-state index contributed by atoms with van der Waals surface area (Å²) >= 11 is 0. The predicted molar refractivity (Wildman–Crippen MR) is 89.7 cm³/mol. The molecule has 4 rings (SSSR count). The van der Waals surface area contributed by atoms with Crippen LogP contribution in [0.5, 0.6) is 11.6 Å². The first-order valence-corrected chi connectivity index (χ1v) is 8.05. The highest BCUT2D eigenvalue weighted by Crippen LogP contribution is 2.29. The molecule has 0 radical (unpaired) electrons. The summed E-state index contributed by atoms with van der Waals surface area (Å²) in [6, 6.07) is 10.8. The van der Waals surface area contributed by atoms with Crippen molar-refractivity contribution in [2.75, 3.05) is 20.2 Å². The highest BCUT2D eigenvalue weighted by atomic mass is 16.5. The zero-order chi connectivity index (χ0) is 17.2. The minimum atomic E-state index is -0.150. The maximum absolute atomic E-state index is 12.7. The molecule has 0 aliphatic carbocycles. The molecule has 2 aromatic heterocycles. The van der Waals surface area contributed by atoms with Gasteiger partial charge in [0.1, 0.15) is 6.10 Å². The third kappa shape index (κ3) is 3.00. The van der Waals surface area contributed by atoms with Gasteiger partial charge in [-0.3, -0.25) is 4.79 Å². The number of para-hydroxylation sites is 1. The van der Waals surface area contributed by atoms with Crippen molar-refractivity contribution in [1.29, 1.82) is 0 Å². The van der Waals surface area contributed by atoms with Crippen LogP contribution in [0.25, 0.3) is 11.0 Å². The van der Waals surface area contributed by atoms with Crippen LogP contribution in [0.2, 0.25) is 0 Å². The van der Waals surface area contributed by atoms with E-state index in [0.29, 0.717) is 36.1 Å². The van der Waals surface area contributed by atoms with Crippen molar-refractivity contribution in [1.82, 2.24) is 15.1 Å². The Labute approximate surface area is 144 Å². The van der Waals surface area contributed by atoms with Gasteiger partial charge >= 0.3 is 0 Å². The van der Waals surface area contributed by atoms with Gasteiger partial charge in [-0.25, -0.2) is 0 Å². The summed E-state index contributed by atoms with van der Waals surface area (Å²) in [4.78, 5) is 14.4. The lowest BCUT2D eigenvalue weighted by atomic mass is 10.2. The number of carbonyl (C=O) groups is 1. The fourth-order valence-electron chi connectivity index (χ4n) is 2.99. The number of methoxy groups -OCH3 is 1. The summed E-state index contributed by atoms with van der Waals surface area (Å²) in [5.41, 5.74) is 0.583. The molecule has 7 heteroatoms. The van der Waals surface area contributed by atoms with E-state index < -0.39 is 0 Å². The van der Waals surface area contributed by atoms with Crippen molar-refractivity contribution in [3.63, 3.8) is 0 Å². The minimum absolute atomic E-state index is 0.0976. The summed E-state index contributed by atoms with van der Waals surface area (Å²) in [6.45, 7) is 1.10. The first-order valence-electron chi connectivity index (χ1n) is 8.05. The maximum atomic E-state index is 12.7. The van der Waals surface area contributed by atoms with E-state index >= 15 is 0 Å². The van der Waals surface area contributed by atoms with Crippen molar-refractivity contribution in [3.05, 3.63) is 48.4 Å². The molecule has 0 saturated carbocycles. The molecular formula is C18H17N3O4. The number of benzene rings is 1. The number of ether oxygens (including phenoxy) is 2. The summed E-state index contributed by atoms with van der Waals surface area (Å²) in [7, 11) is 1.58. The van der Waals surface area contributed by atoms with Gasteiger partial charge in [0.05, 0.1) is 13.7 Å². The maximum Gasteiger partial charge on any atom is 0.289 e. The second kappa shape index (κ2) is 6.43. The highest BCUT2D eigenvalue weighted by Gasteiger charge is 2.30. The summed E-state index contributed by atoms with van der Waals surface area (Å²) in [5.74, 6) is 1.24. The van der Waals surface area contributed by atoms with Gasteiger partial charge in [0.25, 0.3) is 5.91 Å². The topological polar surface area (TPSA) is 77.7 Å². The van der Waals surface area contributed by atoms with Crippen LogP contribution in [-0.2, 0) is 0 Å². The van der Waals surface area contributed by atoms with Crippen LogP contribution in [0.15, 0.2) is 47.0 Å². The second-order valence-corrected chi connectivity index (χ2v) is 5.83. The largest absolute Gasteiger partial charge is 0.493 e. The summed E-state index contributed by atoms with van der Waals surface area (Å²) in [6.07, 6.45) is 2.23. The van der Waals surface area contributed by atoms with E-state index in [1.54, 1.807) is 42.5 Å². The Kier molecular flexibility index (Phi) is 3.97. The molecule has 3 heterocycles. The van der Waals surface area contributed by atoms with Gasteiger partial charge in [-0.15, -0.1) is 5.10 Å². The van der Waals surface area contributed by atoms with Gasteiger partial charge in [-0.2, -0.15) is 5.10 Å². The van der Waals surface area contributed by atoms with Crippen molar-refractivity contribution in [2.24, 2.45) is 0 Å². The first-order chi connectivity index (χ1) is 12.2. The van der Waals surface area contributed by atoms with Crippen LogP contribution in [0.3, 0.4) is 0 Å². The van der Waals surface area contributed by atoms with Crippen LogP contribution in [0, 0.1) is 0 Å². The van der Waals surface area contributed by atoms with E-state index in [1.807, 2.05) is 12.1 Å². The molecule has 7 nitrogen and oxygen atoms in total. The number of carbonyl (C=O) groups excluding carboxylic acids is 1. The molecule has 25 heavy (non-hydrogen) atoms. The third-order valence-electron chi connectivity index (χ3n) is 4.21. The monoisotopic (exact) mass is 339 g/mol. The molecule has 128 valence electrons. The van der Waals surface area contributed by atoms with E-state index in [2.05, 4.69) is 10.2 Å². The Balaban J connectivity index is 1.48. The van der Waals surface area contributed by atoms with Gasteiger partial charge in [0, 0.05) is 30.6 Å². The normalized spacial score (nSPS) is 17.0. The molecule has 0 spiro atoms. The first kappa shape index (κ1) is 15.4. The van der Waals surface area contributed by atoms with Gasteiger partial charge in [-0.1, -0.05) is 12.1 Å². The predicted octanol–water partition coefficient (Wildman–Crippen LogP) is 2.52. The third-order valence-corrected chi connectivity index (χ3v) is 4.21. The molecule has 1 unspecified atom stereocenters. The molecule has 1 aromatic carbocycles. The van der Waals surface area contributed by atoms with E-state index in [9.17, 15) is 4.79 Å². The molecule has 1 amide bonds. The summed E-state index contributed by atoms with van der Waals surface area (Å²) in [5, 5.41) is 8.54. The van der Waals surface area contributed by atoms with E-state index in [4.69, 9.17) is 13.9 Å². The Morgan fingerprint density at radius 3 is 3.04 bits per heavy atom. The van der Waals surface area contributed by atoms with Crippen molar-refractivity contribution >= 4 is 16.9 Å². The molecule has 0 N–H and O–H groups in total. The zero-order valence-electron chi connectivity index (χ0n) is 13.7. The van der Waals surface area contributed by atoms with Crippen molar-refractivity contribution in [3.8, 4) is 11.6 Å². The fraction of sp³-hybridized carbons (Fsp3) is 0.278. The molecule has 1 aliphatic rings. The number of rotatable bonds is 4. The Morgan fingerprint density at radius 1 is 1.32 bits per heavy atom. The quantitative estimate of drug-likeness (QED) is 0.727. The zero-order valence-corrected chi connectivity index (χ0v) is 13.7. The lowest BCUT2D eigenvalue weighted by molar-refractivity contribution is 0.0742. The molecule has 1 atom stereocenters. The number of hydrogen-bond donors (Lipinski definition) is 0. The number of likely N-dealkylation sites (tertiary alicyclic amines) is 1. The number of fused-ring (bicyclic) bond motifs is 1. The standard InChI is InChI=1S/C18H17N3O4/c1-23-14-5-2-4-12-10-15(25-17(12)14)18(22)21-9-7-13(11-21)24-16-6-3-8-19-20-16/h2-6,8,10,13H,7,9,11H2,1H3. The second-order valence-electron chi connectivity index (χ2n) is 5.83. The molecule has 1 saturated heterocycles. The molecule has 3 aromatic rings. The van der Waals surface area contributed by atoms with E-state index in [-0.39, 0.29) is 12.0 Å². The van der Waals surface area contributed by atoms with Gasteiger partial charge in [-0.05, 0) is 18.2 Å². The highest BCUT2D eigenvalue weighted by molar-refractivity contribution is 5.97. The molecule has 1 fully saturated rings. The van der Waals surface area contributed by atoms with Crippen LogP contribution in [0.1, 0.15) is 17.0 Å². The smallest absolute Gasteiger partial charge is 0.289 e. The lowest BCUT2D eigenvalue weighted by Gasteiger charge is -2.15. The Bertz CT molecular complexity index is 894. The van der Waals surface area contributed by atoms with Gasteiger partial charge in [0.15, 0.2) is 17.1 Å². The molecule has 1 aliphatic heterocycles. The van der Waals surface area contributed by atoms with Crippen LogP contribution >= 0.6 is 0 Å². The number of aromatic nitrogens is 2. The Hall–Kier alpha value is -3.09. The Morgan fingerprint density at radius 2 is 2.24 bits per heavy atom. The number of nitrogens with zero attached hydrogens (tertiary/aromatic N) is 3.